The van der Waals surface area contributed by atoms with Crippen LogP contribution in [0.2, 0.25) is 0 Å². The quantitative estimate of drug-likeness (QED) is 0.0244. The third-order valence-corrected chi connectivity index (χ3v) is 12.7. The van der Waals surface area contributed by atoms with E-state index >= 15 is 0 Å². The smallest absolute Gasteiger partial charge is 0.397 e. The number of azo groups is 1. The number of nitrogen functional groups attached to an aromatic ring is 1. The predicted molar refractivity (Wildman–Crippen MR) is 220 cm³/mol. The third kappa shape index (κ3) is 11.1. The number of sulfone groups is 1. The van der Waals surface area contributed by atoms with Crippen LogP contribution in [0.15, 0.2) is 92.8 Å². The third-order valence-electron chi connectivity index (χ3n) is 7.47. The van der Waals surface area contributed by atoms with Gasteiger partial charge in [-0.3, -0.25) is 18.2 Å². The number of phenols is 1. The van der Waals surface area contributed by atoms with E-state index in [0.29, 0.717) is 12.1 Å². The van der Waals surface area contributed by atoms with Gasteiger partial charge in [-0.2, -0.15) is 48.6 Å². The number of hydrogen-bond donors (Lipinski definition) is 8. The Labute approximate surface area is 354 Å². The number of fused-ring (bicyclic) bond motifs is 1. The van der Waals surface area contributed by atoms with Gasteiger partial charge in [-0.05, 0) is 60.0 Å². The molecular formula is C27H24IN10O16PS5. The highest BCUT2D eigenvalue weighted by Gasteiger charge is 2.28. The van der Waals surface area contributed by atoms with Gasteiger partial charge < -0.3 is 21.5 Å². The molecule has 1 unspecified atom stereocenters. The number of nitrogens with zero attached hydrogens (tertiary/aromatic N) is 7. The van der Waals surface area contributed by atoms with Crippen LogP contribution in [0.4, 0.5) is 46.0 Å². The summed E-state index contributed by atoms with van der Waals surface area (Å²) in [7, 11) is -22.2. The summed E-state index contributed by atoms with van der Waals surface area (Å²) in [5.41, 5.74) is 3.23. The molecule has 0 bridgehead atoms. The van der Waals surface area contributed by atoms with Gasteiger partial charge in [0.25, 0.3) is 30.4 Å². The van der Waals surface area contributed by atoms with Crippen molar-refractivity contribution in [2.24, 2.45) is 18.7 Å². The molecule has 0 fully saturated rings. The molecule has 33 heteroatoms. The second-order valence-corrected chi connectivity index (χ2v) is 19.8. The molecule has 0 saturated heterocycles. The van der Waals surface area contributed by atoms with E-state index in [-0.39, 0.29) is 33.7 Å². The Morgan fingerprint density at radius 1 is 0.700 bits per heavy atom. The van der Waals surface area contributed by atoms with Crippen LogP contribution < -0.4 is 21.9 Å². The van der Waals surface area contributed by atoms with Crippen molar-refractivity contribution in [1.29, 1.82) is 0 Å². The molecule has 26 nitrogen and oxygen atoms in total. The van der Waals surface area contributed by atoms with Gasteiger partial charge in [-0.15, -0.1) is 18.7 Å². The predicted octanol–water partition coefficient (Wildman–Crippen LogP) is 3.48. The van der Waals surface area contributed by atoms with Crippen molar-refractivity contribution < 1.29 is 69.6 Å². The summed E-state index contributed by atoms with van der Waals surface area (Å²) in [6.07, 6.45) is 0. The van der Waals surface area contributed by atoms with Gasteiger partial charge in [0.05, 0.1) is 28.3 Å². The van der Waals surface area contributed by atoms with E-state index < -0.39 is 117 Å². The number of nitrogens with one attached hydrogen (secondary N) is 2. The minimum absolute atomic E-state index is 0.0399. The molecule has 0 saturated carbocycles. The second-order valence-electron chi connectivity index (χ2n) is 11.5. The first-order valence-corrected chi connectivity index (χ1v) is 24.2. The van der Waals surface area contributed by atoms with Crippen molar-refractivity contribution in [3.63, 3.8) is 0 Å². The Hall–Kier alpha value is -4.74. The number of benzene rings is 4. The summed E-state index contributed by atoms with van der Waals surface area (Å²) in [5.74, 6) is -2.22. The monoisotopic (exact) mass is 1060 g/mol. The Balaban J connectivity index is 1.51. The number of rotatable bonds is 15. The van der Waals surface area contributed by atoms with Crippen LogP contribution in [0.5, 0.6) is 5.75 Å². The molecule has 0 spiro atoms. The summed E-state index contributed by atoms with van der Waals surface area (Å²) < 4.78 is 166. The highest BCUT2D eigenvalue weighted by atomic mass is 127. The Bertz CT molecular complexity index is 3200. The number of aromatic hydroxyl groups is 1. The maximum absolute atomic E-state index is 12.5. The molecule has 0 aliphatic carbocycles. The Morgan fingerprint density at radius 2 is 1.23 bits per heavy atom. The lowest BCUT2D eigenvalue weighted by molar-refractivity contribution is 0.284. The fraction of sp³-hybridized carbons (Fsp3) is 0.0741. The molecule has 5 aromatic rings. The number of anilines is 5. The Morgan fingerprint density at radius 3 is 1.77 bits per heavy atom. The maximum Gasteiger partial charge on any atom is 0.397 e. The molecular weight excluding hydrogens is 1040 g/mol. The molecule has 0 aliphatic heterocycles. The van der Waals surface area contributed by atoms with Gasteiger partial charge in [-0.25, -0.2) is 12.6 Å². The van der Waals surface area contributed by atoms with E-state index in [4.69, 9.17) is 10.3 Å². The van der Waals surface area contributed by atoms with E-state index in [0.717, 1.165) is 18.2 Å². The van der Waals surface area contributed by atoms with Crippen LogP contribution in [0.25, 0.3) is 10.8 Å². The zero-order chi connectivity index (χ0) is 44.6. The van der Waals surface area contributed by atoms with Crippen molar-refractivity contribution in [1.82, 2.24) is 15.0 Å². The molecule has 0 aliphatic rings. The maximum atomic E-state index is 12.5. The molecule has 5 rings (SSSR count). The number of nitrogens with two attached hydrogens (primary N) is 1. The minimum atomic E-state index is -5.35. The van der Waals surface area contributed by atoms with Gasteiger partial charge >= 0.3 is 10.4 Å². The van der Waals surface area contributed by atoms with Gasteiger partial charge in [-0.1, -0.05) is 9.24 Å². The van der Waals surface area contributed by atoms with Crippen molar-refractivity contribution in [3.05, 3.63) is 54.6 Å². The van der Waals surface area contributed by atoms with Crippen LogP contribution in [0.1, 0.15) is 0 Å². The average Bonchev–Trinajstić information content (AvgIpc) is 3.10. The first kappa shape index (κ1) is 46.3. The van der Waals surface area contributed by atoms with E-state index in [1.807, 2.05) is 0 Å². The summed E-state index contributed by atoms with van der Waals surface area (Å²) in [6.45, 7) is -0.834. The zero-order valence-corrected chi connectivity index (χ0v) is 36.4. The van der Waals surface area contributed by atoms with E-state index in [1.54, 1.807) is 0 Å². The van der Waals surface area contributed by atoms with Crippen LogP contribution in [0, 0.1) is 0 Å². The summed E-state index contributed by atoms with van der Waals surface area (Å²) in [5, 5.41) is 26.7. The summed E-state index contributed by atoms with van der Waals surface area (Å²) in [4.78, 5) is 9.13. The highest BCUT2D eigenvalue weighted by Crippen LogP contribution is 2.48. The number of phenolic OH excluding ortho intramolecular Hbond substituents is 1. The fourth-order valence-electron chi connectivity index (χ4n) is 5.01. The van der Waals surface area contributed by atoms with Crippen LogP contribution in [-0.4, -0.2) is 92.7 Å². The molecule has 1 atom stereocenters. The molecule has 320 valence electrons. The van der Waals surface area contributed by atoms with Crippen LogP contribution in [0.3, 0.4) is 0 Å². The fourth-order valence-corrected chi connectivity index (χ4v) is 8.89. The molecule has 4 aromatic carbocycles. The first-order valence-electron chi connectivity index (χ1n) is 15.3. The Kier molecular flexibility index (Phi) is 13.4. The zero-order valence-electron chi connectivity index (χ0n) is 29.0. The van der Waals surface area contributed by atoms with Crippen molar-refractivity contribution in [2.75, 3.05) is 28.7 Å². The summed E-state index contributed by atoms with van der Waals surface area (Å²) >= 11 is 1.35. The number of halogens is 1. The SMILES string of the molecule is Nc1c(N=NI)c(S(=O)(=O)O)cc2cc(S(=O)(=O)O)c(N=Nc3cc(Nc4nc(P)nc(Nc5ccc(S(=O)(=O)CCOS(=O)(=O)O)cc5)n4)ccc3S(=O)(=O)O)c(O)c12. The van der Waals surface area contributed by atoms with Crippen LogP contribution >= 0.6 is 32.1 Å². The molecule has 9 N–H and O–H groups in total. The van der Waals surface area contributed by atoms with Gasteiger partial charge in [0.2, 0.25) is 11.9 Å². The van der Waals surface area contributed by atoms with Gasteiger partial charge in [0, 0.05) is 11.4 Å². The van der Waals surface area contributed by atoms with E-state index in [1.165, 1.54) is 47.1 Å². The number of aromatic nitrogens is 3. The normalized spacial score (nSPS) is 13.0. The standard InChI is InChI=1S/C27H24IN10O16PS5/c28-38-37-22-18(58(45,46)47)9-12-10-19(59(48,49)50)23(24(39)20(12)21(22)29)36-35-16-11-14(3-6-17(16)57(42,43)44)31-26-32-25(33-27(55)34-26)30-13-1-4-15(5-2-13)56(40,41)8-7-54-60(51,52)53/h1-6,9-11,39H,7-8,29,55H2,(H,42,43,44)(H,45,46,47)(H,48,49,50)(H,51,52,53)(H2,30,31,32,33,34). The lowest BCUT2D eigenvalue weighted by Crippen LogP contribution is -2.15. The van der Waals surface area contributed by atoms with E-state index in [2.05, 4.69) is 57.7 Å². The van der Waals surface area contributed by atoms with Gasteiger partial charge in [0.15, 0.2) is 21.2 Å². The summed E-state index contributed by atoms with van der Waals surface area (Å²) in [6, 6.07) is 9.22. The molecule has 60 heavy (non-hydrogen) atoms. The van der Waals surface area contributed by atoms with E-state index in [9.17, 15) is 60.9 Å². The second kappa shape index (κ2) is 17.3. The highest BCUT2D eigenvalue weighted by molar-refractivity contribution is 14.1. The molecule has 1 heterocycles. The molecule has 0 amide bonds. The topological polar surface area (TPSA) is 419 Å². The van der Waals surface area contributed by atoms with Crippen molar-refractivity contribution >= 4 is 145 Å². The number of hydrogen-bond acceptors (Lipinski definition) is 22. The molecule has 1 aromatic heterocycles. The molecule has 0 radical (unpaired) electrons. The van der Waals surface area contributed by atoms with Gasteiger partial charge in [0.1, 0.15) is 54.6 Å². The lowest BCUT2D eigenvalue weighted by atomic mass is 10.1. The van der Waals surface area contributed by atoms with Crippen LogP contribution in [-0.2, 0) is 54.8 Å². The largest absolute Gasteiger partial charge is 0.505 e. The van der Waals surface area contributed by atoms with Crippen molar-refractivity contribution in [3.8, 4) is 5.75 Å². The first-order chi connectivity index (χ1) is 27.7. The lowest BCUT2D eigenvalue weighted by Gasteiger charge is -2.14. The van der Waals surface area contributed by atoms with Crippen molar-refractivity contribution in [2.45, 2.75) is 19.6 Å². The minimum Gasteiger partial charge on any atom is -0.505 e. The average molecular weight is 1060 g/mol.